The molecule has 0 spiro atoms. The molecule has 0 unspecified atom stereocenters. The van der Waals surface area contributed by atoms with Crippen molar-refractivity contribution in [1.82, 2.24) is 9.88 Å². The van der Waals surface area contributed by atoms with Crippen molar-refractivity contribution in [2.24, 2.45) is 0 Å². The van der Waals surface area contributed by atoms with Crippen molar-refractivity contribution in [2.75, 3.05) is 13.2 Å². The fourth-order valence-electron chi connectivity index (χ4n) is 2.57. The molecule has 2 rings (SSSR count). The first-order chi connectivity index (χ1) is 8.20. The Hall–Kier alpha value is -0.870. The third-order valence-corrected chi connectivity index (χ3v) is 3.64. The summed E-state index contributed by atoms with van der Waals surface area (Å²) in [5.74, 6) is 1.68. The zero-order chi connectivity index (χ0) is 12.3. The minimum Gasteiger partial charge on any atom is -0.444 e. The second-order valence-electron chi connectivity index (χ2n) is 4.88. The van der Waals surface area contributed by atoms with Gasteiger partial charge in [0.1, 0.15) is 5.76 Å². The van der Waals surface area contributed by atoms with Crippen LogP contribution in [0.1, 0.15) is 43.0 Å². The van der Waals surface area contributed by atoms with Crippen LogP contribution >= 0.6 is 0 Å². The van der Waals surface area contributed by atoms with Gasteiger partial charge < -0.3 is 9.52 Å². The molecule has 0 aromatic carbocycles. The third-order valence-electron chi connectivity index (χ3n) is 3.64. The van der Waals surface area contributed by atoms with E-state index in [0.29, 0.717) is 12.6 Å². The number of nitrogens with zero attached hydrogens (tertiary/aromatic N) is 2. The second-order valence-corrected chi connectivity index (χ2v) is 4.88. The summed E-state index contributed by atoms with van der Waals surface area (Å²) in [5, 5.41) is 9.14. The van der Waals surface area contributed by atoms with Crippen LogP contribution in [0.15, 0.2) is 4.42 Å². The van der Waals surface area contributed by atoms with Gasteiger partial charge >= 0.3 is 0 Å². The summed E-state index contributed by atoms with van der Waals surface area (Å²) in [6.45, 7) is 5.55. The van der Waals surface area contributed by atoms with Gasteiger partial charge in [0.25, 0.3) is 0 Å². The van der Waals surface area contributed by atoms with Gasteiger partial charge in [0.2, 0.25) is 5.89 Å². The summed E-state index contributed by atoms with van der Waals surface area (Å²) in [6.07, 6.45) is 5.07. The van der Waals surface area contributed by atoms with Gasteiger partial charge in [-0.15, -0.1) is 0 Å². The summed E-state index contributed by atoms with van der Waals surface area (Å²) < 4.78 is 5.62. The normalized spacial score (nSPS) is 17.2. The number of aromatic nitrogens is 1. The van der Waals surface area contributed by atoms with E-state index < -0.39 is 0 Å². The van der Waals surface area contributed by atoms with Gasteiger partial charge in [0, 0.05) is 12.6 Å². The molecule has 1 N–H and O–H groups in total. The molecule has 4 heteroatoms. The van der Waals surface area contributed by atoms with E-state index in [9.17, 15) is 0 Å². The highest BCUT2D eigenvalue weighted by Crippen LogP contribution is 2.24. The van der Waals surface area contributed by atoms with Gasteiger partial charge in [-0.25, -0.2) is 4.98 Å². The first-order valence-corrected chi connectivity index (χ1v) is 6.48. The number of aliphatic hydroxyl groups is 1. The van der Waals surface area contributed by atoms with Crippen molar-refractivity contribution < 1.29 is 9.52 Å². The van der Waals surface area contributed by atoms with Crippen LogP contribution in [-0.2, 0) is 6.54 Å². The maximum absolute atomic E-state index is 9.14. The Balaban J connectivity index is 2.01. The second kappa shape index (κ2) is 5.65. The Kier molecular flexibility index (Phi) is 4.18. The Morgan fingerprint density at radius 3 is 2.59 bits per heavy atom. The van der Waals surface area contributed by atoms with Crippen LogP contribution in [0.5, 0.6) is 0 Å². The van der Waals surface area contributed by atoms with E-state index in [1.807, 2.05) is 13.8 Å². The molecule has 17 heavy (non-hydrogen) atoms. The average Bonchev–Trinajstić information content (AvgIpc) is 2.89. The lowest BCUT2D eigenvalue weighted by Gasteiger charge is -2.26. The number of aryl methyl sites for hydroxylation is 2. The first-order valence-electron chi connectivity index (χ1n) is 6.48. The van der Waals surface area contributed by atoms with Gasteiger partial charge in [-0.3, -0.25) is 4.90 Å². The zero-order valence-electron chi connectivity index (χ0n) is 10.8. The summed E-state index contributed by atoms with van der Waals surface area (Å²) >= 11 is 0. The standard InChI is InChI=1S/C13H22N2O2/c1-10-11(2)17-13(14-10)9-15(7-8-16)12-5-3-4-6-12/h12,16H,3-9H2,1-2H3. The van der Waals surface area contributed by atoms with Crippen LogP contribution in [0, 0.1) is 13.8 Å². The highest BCUT2D eigenvalue weighted by atomic mass is 16.4. The van der Waals surface area contributed by atoms with Crippen molar-refractivity contribution in [1.29, 1.82) is 0 Å². The van der Waals surface area contributed by atoms with Crippen LogP contribution in [0.2, 0.25) is 0 Å². The van der Waals surface area contributed by atoms with Gasteiger partial charge in [0.15, 0.2) is 0 Å². The van der Waals surface area contributed by atoms with E-state index in [1.54, 1.807) is 0 Å². The third kappa shape index (κ3) is 3.07. The number of rotatable bonds is 5. The maximum atomic E-state index is 9.14. The van der Waals surface area contributed by atoms with Gasteiger partial charge in [0.05, 0.1) is 18.8 Å². The molecule has 0 bridgehead atoms. The van der Waals surface area contributed by atoms with Crippen molar-refractivity contribution in [2.45, 2.75) is 52.1 Å². The van der Waals surface area contributed by atoms with E-state index >= 15 is 0 Å². The molecule has 1 aromatic rings. The molecule has 1 fully saturated rings. The Morgan fingerprint density at radius 1 is 1.35 bits per heavy atom. The Morgan fingerprint density at radius 2 is 2.06 bits per heavy atom. The Bertz CT molecular complexity index is 337. The maximum Gasteiger partial charge on any atom is 0.208 e. The lowest BCUT2D eigenvalue weighted by molar-refractivity contribution is 0.133. The van der Waals surface area contributed by atoms with E-state index in [-0.39, 0.29) is 6.61 Å². The minimum atomic E-state index is 0.204. The van der Waals surface area contributed by atoms with Crippen LogP contribution < -0.4 is 0 Å². The summed E-state index contributed by atoms with van der Waals surface area (Å²) in [7, 11) is 0. The molecule has 1 aliphatic rings. The summed E-state index contributed by atoms with van der Waals surface area (Å²) in [5.41, 5.74) is 0.968. The van der Waals surface area contributed by atoms with E-state index in [4.69, 9.17) is 9.52 Å². The summed E-state index contributed by atoms with van der Waals surface area (Å²) in [4.78, 5) is 6.72. The molecule has 4 nitrogen and oxygen atoms in total. The van der Waals surface area contributed by atoms with E-state index in [2.05, 4.69) is 9.88 Å². The lowest BCUT2D eigenvalue weighted by atomic mass is 10.2. The predicted octanol–water partition coefficient (Wildman–Crippen LogP) is 2.03. The van der Waals surface area contributed by atoms with E-state index in [0.717, 1.165) is 23.9 Å². The first kappa shape index (κ1) is 12.6. The lowest BCUT2D eigenvalue weighted by Crippen LogP contribution is -2.35. The number of oxazole rings is 1. The van der Waals surface area contributed by atoms with Gasteiger partial charge in [-0.05, 0) is 26.7 Å². The highest BCUT2D eigenvalue weighted by molar-refractivity contribution is 5.05. The van der Waals surface area contributed by atoms with Crippen molar-refractivity contribution in [3.8, 4) is 0 Å². The smallest absolute Gasteiger partial charge is 0.208 e. The molecular formula is C13H22N2O2. The molecular weight excluding hydrogens is 216 g/mol. The van der Waals surface area contributed by atoms with Crippen molar-refractivity contribution in [3.05, 3.63) is 17.3 Å². The molecule has 96 valence electrons. The molecule has 0 radical (unpaired) electrons. The highest BCUT2D eigenvalue weighted by Gasteiger charge is 2.23. The number of hydrogen-bond donors (Lipinski definition) is 1. The molecule has 0 atom stereocenters. The average molecular weight is 238 g/mol. The molecule has 1 aliphatic carbocycles. The zero-order valence-corrected chi connectivity index (χ0v) is 10.8. The number of hydrogen-bond acceptors (Lipinski definition) is 4. The molecule has 0 aliphatic heterocycles. The van der Waals surface area contributed by atoms with E-state index in [1.165, 1.54) is 25.7 Å². The van der Waals surface area contributed by atoms with Crippen LogP contribution in [0.4, 0.5) is 0 Å². The largest absolute Gasteiger partial charge is 0.444 e. The van der Waals surface area contributed by atoms with Crippen LogP contribution in [0.3, 0.4) is 0 Å². The minimum absolute atomic E-state index is 0.204. The fourth-order valence-corrected chi connectivity index (χ4v) is 2.57. The molecule has 0 amide bonds. The monoisotopic (exact) mass is 238 g/mol. The van der Waals surface area contributed by atoms with Crippen molar-refractivity contribution >= 4 is 0 Å². The number of aliphatic hydroxyl groups excluding tert-OH is 1. The van der Waals surface area contributed by atoms with Gasteiger partial charge in [-0.1, -0.05) is 12.8 Å². The topological polar surface area (TPSA) is 49.5 Å². The van der Waals surface area contributed by atoms with Gasteiger partial charge in [-0.2, -0.15) is 0 Å². The molecule has 1 saturated carbocycles. The van der Waals surface area contributed by atoms with Crippen LogP contribution in [0.25, 0.3) is 0 Å². The SMILES string of the molecule is Cc1nc(CN(CCO)C2CCCC2)oc1C. The van der Waals surface area contributed by atoms with Crippen molar-refractivity contribution in [3.63, 3.8) is 0 Å². The Labute approximate surface area is 103 Å². The fraction of sp³-hybridized carbons (Fsp3) is 0.769. The molecule has 0 saturated heterocycles. The van der Waals surface area contributed by atoms with Crippen LogP contribution in [-0.4, -0.2) is 34.2 Å². The molecule has 1 heterocycles. The predicted molar refractivity (Wildman–Crippen MR) is 65.7 cm³/mol. The summed E-state index contributed by atoms with van der Waals surface area (Å²) in [6, 6.07) is 0.592. The quantitative estimate of drug-likeness (QED) is 0.852. The molecule has 1 aromatic heterocycles.